The van der Waals surface area contributed by atoms with Crippen molar-refractivity contribution in [1.82, 2.24) is 10.2 Å². The Hall–Kier alpha value is -2.08. The molecule has 0 saturated carbocycles. The molecule has 21 heavy (non-hydrogen) atoms. The van der Waals surface area contributed by atoms with Crippen molar-refractivity contribution in [2.24, 2.45) is 0 Å². The second-order valence-corrected chi connectivity index (χ2v) is 5.43. The molecular weight excluding hydrogens is 272 g/mol. The van der Waals surface area contributed by atoms with Crippen LogP contribution in [0.25, 0.3) is 0 Å². The number of urea groups is 1. The fourth-order valence-corrected chi connectivity index (χ4v) is 2.85. The number of carboxylic acids is 1. The molecule has 2 amide bonds. The molecule has 2 N–H and O–H groups in total. The lowest BCUT2D eigenvalue weighted by atomic mass is 9.78. The first kappa shape index (κ1) is 13.9. The molecular formula is C15H18N2O4. The number of carbonyl (C=O) groups is 2. The van der Waals surface area contributed by atoms with Gasteiger partial charge in [-0.2, -0.15) is 0 Å². The molecule has 1 heterocycles. The van der Waals surface area contributed by atoms with Gasteiger partial charge in [0.15, 0.2) is 6.10 Å². The Morgan fingerprint density at radius 3 is 2.95 bits per heavy atom. The van der Waals surface area contributed by atoms with Crippen molar-refractivity contribution >= 4 is 12.0 Å². The summed E-state index contributed by atoms with van der Waals surface area (Å²) in [7, 11) is 0. The Morgan fingerprint density at radius 1 is 1.38 bits per heavy atom. The number of rotatable bonds is 3. The van der Waals surface area contributed by atoms with E-state index in [1.165, 1.54) is 16.0 Å². The van der Waals surface area contributed by atoms with E-state index in [9.17, 15) is 9.59 Å². The number of hydrogen-bond acceptors (Lipinski definition) is 3. The predicted octanol–water partition coefficient (Wildman–Crippen LogP) is 0.821. The Bertz CT molecular complexity index is 560. The molecule has 112 valence electrons. The van der Waals surface area contributed by atoms with Gasteiger partial charge in [-0.05, 0) is 17.5 Å². The number of morpholine rings is 1. The van der Waals surface area contributed by atoms with Crippen LogP contribution >= 0.6 is 0 Å². The monoisotopic (exact) mass is 290 g/mol. The number of benzene rings is 1. The van der Waals surface area contributed by atoms with Gasteiger partial charge in [-0.25, -0.2) is 9.59 Å². The van der Waals surface area contributed by atoms with Gasteiger partial charge >= 0.3 is 12.0 Å². The standard InChI is InChI=1S/C15H18N2O4/c18-14(19)13-9-17(5-6-21-13)15(20)16-8-11-7-10-3-1-2-4-12(10)11/h1-4,11,13H,5-9H2,(H,16,20)(H,18,19). The number of nitrogens with one attached hydrogen (secondary N) is 1. The molecule has 3 rings (SSSR count). The Kier molecular flexibility index (Phi) is 3.79. The maximum absolute atomic E-state index is 12.1. The summed E-state index contributed by atoms with van der Waals surface area (Å²) in [5.74, 6) is -0.665. The molecule has 2 atom stereocenters. The molecule has 6 nitrogen and oxygen atoms in total. The van der Waals surface area contributed by atoms with Crippen LogP contribution in [0.5, 0.6) is 0 Å². The molecule has 0 bridgehead atoms. The zero-order chi connectivity index (χ0) is 14.8. The Morgan fingerprint density at radius 2 is 2.19 bits per heavy atom. The minimum atomic E-state index is -1.03. The van der Waals surface area contributed by atoms with Gasteiger partial charge in [0.05, 0.1) is 13.2 Å². The first-order valence-corrected chi connectivity index (χ1v) is 7.10. The highest BCUT2D eigenvalue weighted by Gasteiger charge is 2.30. The predicted molar refractivity (Wildman–Crippen MR) is 75.2 cm³/mol. The largest absolute Gasteiger partial charge is 0.479 e. The second kappa shape index (κ2) is 5.73. The topological polar surface area (TPSA) is 78.9 Å². The molecule has 1 aromatic rings. The van der Waals surface area contributed by atoms with E-state index in [1.54, 1.807) is 0 Å². The van der Waals surface area contributed by atoms with E-state index in [2.05, 4.69) is 17.4 Å². The summed E-state index contributed by atoms with van der Waals surface area (Å²) in [6, 6.07) is 8.01. The van der Waals surface area contributed by atoms with E-state index in [1.807, 2.05) is 12.1 Å². The van der Waals surface area contributed by atoms with E-state index < -0.39 is 12.1 Å². The molecule has 1 aromatic carbocycles. The number of nitrogens with zero attached hydrogens (tertiary/aromatic N) is 1. The third-order valence-electron chi connectivity index (χ3n) is 4.09. The van der Waals surface area contributed by atoms with E-state index in [0.717, 1.165) is 6.42 Å². The minimum absolute atomic E-state index is 0.0996. The number of carboxylic acid groups (broad SMARTS) is 1. The molecule has 1 saturated heterocycles. The lowest BCUT2D eigenvalue weighted by Crippen LogP contribution is -2.52. The molecule has 1 aliphatic carbocycles. The van der Waals surface area contributed by atoms with Crippen LogP contribution in [0.4, 0.5) is 4.79 Å². The molecule has 0 radical (unpaired) electrons. The van der Waals surface area contributed by atoms with Gasteiger partial charge in [-0.15, -0.1) is 0 Å². The van der Waals surface area contributed by atoms with E-state index in [0.29, 0.717) is 19.0 Å². The highest BCUT2D eigenvalue weighted by atomic mass is 16.5. The zero-order valence-corrected chi connectivity index (χ0v) is 11.6. The Balaban J connectivity index is 1.50. The van der Waals surface area contributed by atoms with Gasteiger partial charge in [0, 0.05) is 19.0 Å². The van der Waals surface area contributed by atoms with Crippen LogP contribution in [-0.2, 0) is 16.0 Å². The summed E-state index contributed by atoms with van der Waals surface area (Å²) < 4.78 is 5.10. The summed E-state index contributed by atoms with van der Waals surface area (Å²) >= 11 is 0. The molecule has 2 unspecified atom stereocenters. The second-order valence-electron chi connectivity index (χ2n) is 5.43. The number of ether oxygens (including phenoxy) is 1. The van der Waals surface area contributed by atoms with Crippen molar-refractivity contribution in [3.05, 3.63) is 35.4 Å². The van der Waals surface area contributed by atoms with Crippen molar-refractivity contribution < 1.29 is 19.4 Å². The van der Waals surface area contributed by atoms with E-state index in [-0.39, 0.29) is 19.2 Å². The smallest absolute Gasteiger partial charge is 0.334 e. The fraction of sp³-hybridized carbons (Fsp3) is 0.467. The first-order chi connectivity index (χ1) is 10.1. The summed E-state index contributed by atoms with van der Waals surface area (Å²) in [5, 5.41) is 11.8. The first-order valence-electron chi connectivity index (χ1n) is 7.10. The van der Waals surface area contributed by atoms with Crippen LogP contribution in [0.1, 0.15) is 17.0 Å². The molecule has 1 aliphatic heterocycles. The quantitative estimate of drug-likeness (QED) is 0.864. The highest BCUT2D eigenvalue weighted by molar-refractivity contribution is 5.77. The lowest BCUT2D eigenvalue weighted by molar-refractivity contribution is -0.154. The van der Waals surface area contributed by atoms with Crippen molar-refractivity contribution in [2.75, 3.05) is 26.2 Å². The van der Waals surface area contributed by atoms with E-state index >= 15 is 0 Å². The van der Waals surface area contributed by atoms with Gasteiger partial charge in [-0.1, -0.05) is 24.3 Å². The van der Waals surface area contributed by atoms with Gasteiger partial charge in [0.25, 0.3) is 0 Å². The van der Waals surface area contributed by atoms with Crippen LogP contribution < -0.4 is 5.32 Å². The maximum Gasteiger partial charge on any atom is 0.334 e. The fourth-order valence-electron chi connectivity index (χ4n) is 2.85. The van der Waals surface area contributed by atoms with Crippen molar-refractivity contribution in [3.63, 3.8) is 0 Å². The van der Waals surface area contributed by atoms with Crippen molar-refractivity contribution in [3.8, 4) is 0 Å². The number of hydrogen-bond donors (Lipinski definition) is 2. The number of amides is 2. The van der Waals surface area contributed by atoms with Crippen LogP contribution in [-0.4, -0.2) is 54.4 Å². The van der Waals surface area contributed by atoms with Gasteiger partial charge in [0.2, 0.25) is 0 Å². The Labute approximate surface area is 122 Å². The molecule has 0 aromatic heterocycles. The summed E-state index contributed by atoms with van der Waals surface area (Å²) in [6.45, 7) is 1.38. The minimum Gasteiger partial charge on any atom is -0.479 e. The van der Waals surface area contributed by atoms with Crippen LogP contribution in [0, 0.1) is 0 Å². The zero-order valence-electron chi connectivity index (χ0n) is 11.6. The van der Waals surface area contributed by atoms with Crippen molar-refractivity contribution in [2.45, 2.75) is 18.4 Å². The molecule has 1 fully saturated rings. The summed E-state index contributed by atoms with van der Waals surface area (Å²) in [4.78, 5) is 24.5. The average molecular weight is 290 g/mol. The maximum atomic E-state index is 12.1. The third kappa shape index (κ3) is 2.85. The average Bonchev–Trinajstić information content (AvgIpc) is 2.48. The van der Waals surface area contributed by atoms with Gasteiger partial charge < -0.3 is 20.1 Å². The van der Waals surface area contributed by atoms with E-state index in [4.69, 9.17) is 9.84 Å². The molecule has 6 heteroatoms. The van der Waals surface area contributed by atoms with Crippen LogP contribution in [0.15, 0.2) is 24.3 Å². The summed E-state index contributed by atoms with van der Waals surface area (Å²) in [5.41, 5.74) is 2.64. The number of carbonyl (C=O) groups excluding carboxylic acids is 1. The normalized spacial score (nSPS) is 23.9. The van der Waals surface area contributed by atoms with Crippen molar-refractivity contribution in [1.29, 1.82) is 0 Å². The molecule has 0 spiro atoms. The molecule has 2 aliphatic rings. The SMILES string of the molecule is O=C(O)C1CN(C(=O)NCC2Cc3ccccc32)CCO1. The summed E-state index contributed by atoms with van der Waals surface area (Å²) in [6.07, 6.45) is 0.0612. The van der Waals surface area contributed by atoms with Gasteiger partial charge in [-0.3, -0.25) is 0 Å². The van der Waals surface area contributed by atoms with Gasteiger partial charge in [0.1, 0.15) is 0 Å². The number of fused-ring (bicyclic) bond motifs is 1. The van der Waals surface area contributed by atoms with Crippen LogP contribution in [0.2, 0.25) is 0 Å². The lowest BCUT2D eigenvalue weighted by Gasteiger charge is -2.33. The number of aliphatic carboxylic acids is 1. The highest BCUT2D eigenvalue weighted by Crippen LogP contribution is 2.33. The third-order valence-corrected chi connectivity index (χ3v) is 4.09. The van der Waals surface area contributed by atoms with Crippen LogP contribution in [0.3, 0.4) is 0 Å².